The second kappa shape index (κ2) is 9.55. The Morgan fingerprint density at radius 3 is 2.90 bits per heavy atom. The van der Waals surface area contributed by atoms with E-state index < -0.39 is 29.2 Å². The standard InChI is InChI=1S/C18H18BrN5O4S2/c1-4-8-23-9-7-14(24(18(23)26)15-21-22-17(29-15)30(3)27)28-16(25)20-13-6-5-12(19)10-11(13)2/h1,5-6,10,14H,7-9H2,2-3H3,(H,20,25). The number of anilines is 2. The van der Waals surface area contributed by atoms with Gasteiger partial charge in [0.05, 0.1) is 17.3 Å². The third-order valence-electron chi connectivity index (χ3n) is 4.21. The number of ether oxygens (including phenoxy) is 1. The predicted octanol–water partition coefficient (Wildman–Crippen LogP) is 3.19. The molecule has 1 fully saturated rings. The van der Waals surface area contributed by atoms with Gasteiger partial charge in [-0.05, 0) is 30.7 Å². The maximum absolute atomic E-state index is 12.9. The van der Waals surface area contributed by atoms with Crippen molar-refractivity contribution in [1.82, 2.24) is 15.1 Å². The quantitative estimate of drug-likeness (QED) is 0.488. The summed E-state index contributed by atoms with van der Waals surface area (Å²) in [7, 11) is -1.35. The van der Waals surface area contributed by atoms with Gasteiger partial charge in [0, 0.05) is 29.4 Å². The molecule has 3 amide bonds. The minimum Gasteiger partial charge on any atom is -0.425 e. The summed E-state index contributed by atoms with van der Waals surface area (Å²) in [6.07, 6.45) is 5.52. The van der Waals surface area contributed by atoms with E-state index in [1.807, 2.05) is 13.0 Å². The van der Waals surface area contributed by atoms with E-state index >= 15 is 0 Å². The van der Waals surface area contributed by atoms with Crippen molar-refractivity contribution in [3.05, 3.63) is 28.2 Å². The first-order valence-corrected chi connectivity index (χ1v) is 11.9. The van der Waals surface area contributed by atoms with Crippen LogP contribution in [0.4, 0.5) is 20.4 Å². The van der Waals surface area contributed by atoms with Crippen LogP contribution < -0.4 is 10.2 Å². The molecular weight excluding hydrogens is 494 g/mol. The van der Waals surface area contributed by atoms with Gasteiger partial charge in [-0.2, -0.15) is 0 Å². The topological polar surface area (TPSA) is 105 Å². The Morgan fingerprint density at radius 1 is 1.50 bits per heavy atom. The molecule has 2 heterocycles. The number of aromatic nitrogens is 2. The van der Waals surface area contributed by atoms with E-state index in [4.69, 9.17) is 11.2 Å². The summed E-state index contributed by atoms with van der Waals surface area (Å²) in [5.41, 5.74) is 1.43. The van der Waals surface area contributed by atoms with Crippen molar-refractivity contribution in [3.8, 4) is 12.3 Å². The van der Waals surface area contributed by atoms with Crippen LogP contribution in [0.3, 0.4) is 0 Å². The fraction of sp³-hybridized carbons (Fsp3) is 0.333. The molecule has 0 aliphatic carbocycles. The number of carbonyl (C=O) groups excluding carboxylic acids is 2. The second-order valence-electron chi connectivity index (χ2n) is 6.32. The van der Waals surface area contributed by atoms with E-state index in [-0.39, 0.29) is 16.0 Å². The predicted molar refractivity (Wildman–Crippen MR) is 118 cm³/mol. The molecule has 1 aliphatic heterocycles. The Balaban J connectivity index is 1.81. The molecule has 9 nitrogen and oxygen atoms in total. The summed E-state index contributed by atoms with van der Waals surface area (Å²) in [4.78, 5) is 28.1. The molecule has 2 aromatic rings. The lowest BCUT2D eigenvalue weighted by Gasteiger charge is -2.38. The zero-order chi connectivity index (χ0) is 21.8. The highest BCUT2D eigenvalue weighted by Gasteiger charge is 2.38. The van der Waals surface area contributed by atoms with Crippen LogP contribution >= 0.6 is 27.3 Å². The van der Waals surface area contributed by atoms with Crippen LogP contribution in [0.5, 0.6) is 0 Å². The van der Waals surface area contributed by atoms with Crippen molar-refractivity contribution >= 4 is 61.0 Å². The van der Waals surface area contributed by atoms with Gasteiger partial charge in [0.25, 0.3) is 0 Å². The van der Waals surface area contributed by atoms with E-state index in [9.17, 15) is 13.8 Å². The number of hydrogen-bond acceptors (Lipinski definition) is 7. The molecule has 12 heteroatoms. The Hall–Kier alpha value is -2.49. The van der Waals surface area contributed by atoms with Gasteiger partial charge in [0.1, 0.15) is 0 Å². The van der Waals surface area contributed by atoms with Crippen LogP contribution in [0.15, 0.2) is 27.0 Å². The number of amides is 3. The van der Waals surface area contributed by atoms with Crippen LogP contribution in [0.2, 0.25) is 0 Å². The smallest absolute Gasteiger partial charge is 0.413 e. The van der Waals surface area contributed by atoms with Crippen LogP contribution in [-0.2, 0) is 15.5 Å². The molecule has 0 saturated carbocycles. The summed E-state index contributed by atoms with van der Waals surface area (Å²) in [5, 5.41) is 10.7. The first-order chi connectivity index (χ1) is 14.3. The molecule has 1 N–H and O–H groups in total. The van der Waals surface area contributed by atoms with E-state index in [1.165, 1.54) is 16.1 Å². The molecule has 158 valence electrons. The monoisotopic (exact) mass is 511 g/mol. The van der Waals surface area contributed by atoms with E-state index in [0.29, 0.717) is 18.7 Å². The van der Waals surface area contributed by atoms with Crippen molar-refractivity contribution in [2.45, 2.75) is 23.9 Å². The largest absolute Gasteiger partial charge is 0.425 e. The second-order valence-corrected chi connectivity index (χ2v) is 9.74. The normalized spacial score (nSPS) is 17.4. The van der Waals surface area contributed by atoms with Crippen molar-refractivity contribution in [1.29, 1.82) is 0 Å². The SMILES string of the molecule is C#CCN1CCC(OC(=O)Nc2ccc(Br)cc2C)N(c2nnc(S(C)=O)s2)C1=O. The molecule has 0 radical (unpaired) electrons. The Bertz CT molecular complexity index is 1040. The van der Waals surface area contributed by atoms with Gasteiger partial charge in [0.2, 0.25) is 9.47 Å². The van der Waals surface area contributed by atoms with E-state index in [1.54, 1.807) is 12.1 Å². The highest BCUT2D eigenvalue weighted by molar-refractivity contribution is 9.10. The van der Waals surface area contributed by atoms with Crippen LogP contribution in [0, 0.1) is 19.3 Å². The van der Waals surface area contributed by atoms with Gasteiger partial charge in [-0.25, -0.2) is 14.5 Å². The van der Waals surface area contributed by atoms with Crippen LogP contribution in [0.1, 0.15) is 12.0 Å². The zero-order valence-electron chi connectivity index (χ0n) is 16.1. The molecule has 1 aromatic carbocycles. The van der Waals surface area contributed by atoms with Crippen LogP contribution in [0.25, 0.3) is 0 Å². The third-order valence-corrected chi connectivity index (χ3v) is 6.95. The van der Waals surface area contributed by atoms with Crippen LogP contribution in [-0.4, -0.2) is 57.0 Å². The number of halogens is 1. The zero-order valence-corrected chi connectivity index (χ0v) is 19.3. The lowest BCUT2D eigenvalue weighted by Crippen LogP contribution is -2.56. The average Bonchev–Trinajstić information content (AvgIpc) is 3.16. The van der Waals surface area contributed by atoms with Crippen molar-refractivity contribution in [3.63, 3.8) is 0 Å². The maximum atomic E-state index is 12.9. The van der Waals surface area contributed by atoms with Gasteiger partial charge >= 0.3 is 12.1 Å². The van der Waals surface area contributed by atoms with Gasteiger partial charge in [-0.15, -0.1) is 16.6 Å². The molecule has 1 aliphatic rings. The van der Waals surface area contributed by atoms with Gasteiger partial charge in [-0.1, -0.05) is 33.2 Å². The number of benzene rings is 1. The summed E-state index contributed by atoms with van der Waals surface area (Å²) in [6, 6.07) is 4.94. The molecule has 0 spiro atoms. The summed E-state index contributed by atoms with van der Waals surface area (Å²) in [6.45, 7) is 2.28. The fourth-order valence-corrected chi connectivity index (χ4v) is 4.72. The van der Waals surface area contributed by atoms with Gasteiger partial charge in [0.15, 0.2) is 6.23 Å². The molecule has 30 heavy (non-hydrogen) atoms. The number of rotatable bonds is 5. The van der Waals surface area contributed by atoms with E-state index in [0.717, 1.165) is 21.4 Å². The molecule has 0 bridgehead atoms. The molecule has 3 rings (SSSR count). The number of terminal acetylenes is 1. The Morgan fingerprint density at radius 2 is 2.27 bits per heavy atom. The third kappa shape index (κ3) is 4.97. The van der Waals surface area contributed by atoms with E-state index in [2.05, 4.69) is 37.4 Å². The van der Waals surface area contributed by atoms with Crippen molar-refractivity contribution in [2.75, 3.05) is 29.6 Å². The number of carbonyl (C=O) groups is 2. The molecule has 2 atom stereocenters. The lowest BCUT2D eigenvalue weighted by molar-refractivity contribution is 0.0823. The van der Waals surface area contributed by atoms with Crippen molar-refractivity contribution in [2.24, 2.45) is 0 Å². The summed E-state index contributed by atoms with van der Waals surface area (Å²) < 4.78 is 18.4. The average molecular weight is 512 g/mol. The minimum atomic E-state index is -1.35. The summed E-state index contributed by atoms with van der Waals surface area (Å²) in [5.74, 6) is 2.44. The Kier molecular flexibility index (Phi) is 7.06. The fourth-order valence-electron chi connectivity index (χ4n) is 2.79. The lowest BCUT2D eigenvalue weighted by atomic mass is 10.2. The first-order valence-electron chi connectivity index (χ1n) is 8.72. The highest BCUT2D eigenvalue weighted by Crippen LogP contribution is 2.30. The number of aryl methyl sites for hydroxylation is 1. The number of hydrogen-bond donors (Lipinski definition) is 1. The molecular formula is C18H18BrN5O4S2. The minimum absolute atomic E-state index is 0.109. The molecule has 1 aromatic heterocycles. The Labute approximate surface area is 188 Å². The van der Waals surface area contributed by atoms with Crippen molar-refractivity contribution < 1.29 is 18.5 Å². The number of nitrogens with zero attached hydrogens (tertiary/aromatic N) is 4. The maximum Gasteiger partial charge on any atom is 0.413 e. The van der Waals surface area contributed by atoms with Gasteiger partial charge in [-0.3, -0.25) is 9.53 Å². The molecule has 2 unspecified atom stereocenters. The molecule has 1 saturated heterocycles. The first kappa shape index (κ1) is 22.2. The number of urea groups is 1. The summed E-state index contributed by atoms with van der Waals surface area (Å²) >= 11 is 4.37. The van der Waals surface area contributed by atoms with Gasteiger partial charge < -0.3 is 9.64 Å². The highest BCUT2D eigenvalue weighted by atomic mass is 79.9. The number of nitrogens with one attached hydrogen (secondary N) is 1.